The van der Waals surface area contributed by atoms with E-state index in [1.807, 2.05) is 11.3 Å². The highest BCUT2D eigenvalue weighted by atomic mass is 32.1. The van der Waals surface area contributed by atoms with Crippen molar-refractivity contribution in [2.75, 3.05) is 0 Å². The van der Waals surface area contributed by atoms with Crippen LogP contribution in [-0.4, -0.2) is 4.98 Å². The topological polar surface area (TPSA) is 15.8 Å². The fraction of sp³-hybridized carbons (Fsp3) is 0. The van der Waals surface area contributed by atoms with Crippen molar-refractivity contribution < 1.29 is 0 Å². The number of benzene rings is 5. The van der Waals surface area contributed by atoms with Gasteiger partial charge in [0.15, 0.2) is 0 Å². The van der Waals surface area contributed by atoms with Gasteiger partial charge in [0.2, 0.25) is 0 Å². The first-order chi connectivity index (χ1) is 15.8. The maximum atomic E-state index is 3.63. The molecule has 0 amide bonds. The number of para-hydroxylation sites is 2. The summed E-state index contributed by atoms with van der Waals surface area (Å²) in [5.74, 6) is 0. The number of rotatable bonds is 2. The Morgan fingerprint density at radius 2 is 1.16 bits per heavy atom. The van der Waals surface area contributed by atoms with Gasteiger partial charge >= 0.3 is 0 Å². The van der Waals surface area contributed by atoms with Gasteiger partial charge in [0, 0.05) is 42.0 Å². The zero-order valence-electron chi connectivity index (χ0n) is 17.3. The molecule has 2 heteroatoms. The summed E-state index contributed by atoms with van der Waals surface area (Å²) in [7, 11) is 0. The van der Waals surface area contributed by atoms with Crippen LogP contribution in [0.5, 0.6) is 0 Å². The highest BCUT2D eigenvalue weighted by molar-refractivity contribution is 7.25. The molecule has 0 aliphatic heterocycles. The molecule has 0 saturated carbocycles. The number of hydrogen-bond acceptors (Lipinski definition) is 1. The van der Waals surface area contributed by atoms with E-state index in [2.05, 4.69) is 114 Å². The number of thiophene rings is 1. The first-order valence-corrected chi connectivity index (χ1v) is 11.7. The van der Waals surface area contributed by atoms with Crippen LogP contribution in [0.3, 0.4) is 0 Å². The van der Waals surface area contributed by atoms with E-state index in [0.717, 1.165) is 0 Å². The van der Waals surface area contributed by atoms with Crippen LogP contribution >= 0.6 is 11.3 Å². The third-order valence-corrected chi connectivity index (χ3v) is 7.58. The van der Waals surface area contributed by atoms with Crippen LogP contribution in [0, 0.1) is 0 Å². The predicted molar refractivity (Wildman–Crippen MR) is 140 cm³/mol. The van der Waals surface area contributed by atoms with Gasteiger partial charge in [-0.1, -0.05) is 91.0 Å². The maximum absolute atomic E-state index is 3.63. The van der Waals surface area contributed by atoms with Crippen molar-refractivity contribution in [3.63, 3.8) is 0 Å². The number of aromatic amines is 1. The summed E-state index contributed by atoms with van der Waals surface area (Å²) in [5, 5.41) is 5.24. The van der Waals surface area contributed by atoms with Crippen LogP contribution in [-0.2, 0) is 0 Å². The average Bonchev–Trinajstić information content (AvgIpc) is 3.42. The summed E-state index contributed by atoms with van der Waals surface area (Å²) in [4.78, 5) is 3.63. The molecule has 0 unspecified atom stereocenters. The normalized spacial score (nSPS) is 11.8. The molecule has 0 saturated heterocycles. The number of fused-ring (bicyclic) bond motifs is 6. The first-order valence-electron chi connectivity index (χ1n) is 10.9. The van der Waals surface area contributed by atoms with Gasteiger partial charge in [0.25, 0.3) is 0 Å². The zero-order valence-corrected chi connectivity index (χ0v) is 18.1. The lowest BCUT2D eigenvalue weighted by Gasteiger charge is -2.07. The Bertz CT molecular complexity index is 1770. The van der Waals surface area contributed by atoms with Gasteiger partial charge in [-0.3, -0.25) is 0 Å². The summed E-state index contributed by atoms with van der Waals surface area (Å²) >= 11 is 1.87. The lowest BCUT2D eigenvalue weighted by Crippen LogP contribution is -1.82. The third kappa shape index (κ3) is 2.63. The minimum atomic E-state index is 1.18. The SMILES string of the molecule is c1ccc2c(c1)[nH]c1c(-c3ccc(-c4ccc5c(c4)sc4ccccc45)cc3)cccc12. The van der Waals surface area contributed by atoms with E-state index >= 15 is 0 Å². The Labute approximate surface area is 189 Å². The molecule has 32 heavy (non-hydrogen) atoms. The smallest absolute Gasteiger partial charge is 0.0544 e. The van der Waals surface area contributed by atoms with E-state index in [-0.39, 0.29) is 0 Å². The van der Waals surface area contributed by atoms with Crippen molar-refractivity contribution in [2.45, 2.75) is 0 Å². The number of H-pyrrole nitrogens is 1. The monoisotopic (exact) mass is 425 g/mol. The molecule has 5 aromatic carbocycles. The van der Waals surface area contributed by atoms with Crippen molar-refractivity contribution in [1.29, 1.82) is 0 Å². The molecule has 0 atom stereocenters. The van der Waals surface area contributed by atoms with Crippen molar-refractivity contribution in [2.24, 2.45) is 0 Å². The third-order valence-electron chi connectivity index (χ3n) is 6.45. The molecule has 150 valence electrons. The predicted octanol–water partition coefficient (Wildman–Crippen LogP) is 9.02. The van der Waals surface area contributed by atoms with Crippen LogP contribution in [0.4, 0.5) is 0 Å². The van der Waals surface area contributed by atoms with Gasteiger partial charge < -0.3 is 4.98 Å². The quantitative estimate of drug-likeness (QED) is 0.284. The minimum absolute atomic E-state index is 1.18. The fourth-order valence-electron chi connectivity index (χ4n) is 4.86. The molecule has 0 radical (unpaired) electrons. The van der Waals surface area contributed by atoms with Crippen LogP contribution in [0.25, 0.3) is 64.2 Å². The molecule has 1 N–H and O–H groups in total. The second kappa shape index (κ2) is 6.81. The Balaban J connectivity index is 1.32. The van der Waals surface area contributed by atoms with E-state index in [4.69, 9.17) is 0 Å². The Hall–Kier alpha value is -3.88. The van der Waals surface area contributed by atoms with Gasteiger partial charge in [0.05, 0.1) is 5.52 Å². The Morgan fingerprint density at radius 1 is 0.469 bits per heavy atom. The molecular formula is C30H19NS. The van der Waals surface area contributed by atoms with Gasteiger partial charge in [-0.2, -0.15) is 0 Å². The van der Waals surface area contributed by atoms with Crippen molar-refractivity contribution in [1.82, 2.24) is 4.98 Å². The average molecular weight is 426 g/mol. The summed E-state index contributed by atoms with van der Waals surface area (Å²) in [6.45, 7) is 0. The van der Waals surface area contributed by atoms with Gasteiger partial charge in [0.1, 0.15) is 0 Å². The maximum Gasteiger partial charge on any atom is 0.0544 e. The fourth-order valence-corrected chi connectivity index (χ4v) is 6.01. The molecule has 1 nitrogen and oxygen atoms in total. The molecule has 7 aromatic rings. The standard InChI is InChI=1S/C30H19NS/c1-3-10-27-23(6-1)26-9-5-8-22(30(26)31-27)20-14-12-19(13-15-20)21-16-17-25-24-7-2-4-11-28(24)32-29(25)18-21/h1-18,31H. The van der Waals surface area contributed by atoms with Crippen LogP contribution < -0.4 is 0 Å². The summed E-state index contributed by atoms with van der Waals surface area (Å²) in [5.41, 5.74) is 7.37. The molecule has 0 spiro atoms. The molecular weight excluding hydrogens is 406 g/mol. The summed E-state index contributed by atoms with van der Waals surface area (Å²) < 4.78 is 2.69. The van der Waals surface area contributed by atoms with Crippen LogP contribution in [0.1, 0.15) is 0 Å². The molecule has 0 fully saturated rings. The molecule has 0 aliphatic carbocycles. The zero-order chi connectivity index (χ0) is 21.1. The second-order valence-electron chi connectivity index (χ2n) is 8.29. The Kier molecular flexibility index (Phi) is 3.78. The van der Waals surface area contributed by atoms with Gasteiger partial charge in [-0.05, 0) is 34.9 Å². The first kappa shape index (κ1) is 17.8. The van der Waals surface area contributed by atoms with E-state index in [9.17, 15) is 0 Å². The highest BCUT2D eigenvalue weighted by Gasteiger charge is 2.10. The van der Waals surface area contributed by atoms with Crippen LogP contribution in [0.2, 0.25) is 0 Å². The number of nitrogens with one attached hydrogen (secondary N) is 1. The highest BCUT2D eigenvalue weighted by Crippen LogP contribution is 2.37. The van der Waals surface area contributed by atoms with Crippen molar-refractivity contribution >= 4 is 53.3 Å². The molecule has 2 heterocycles. The lowest BCUT2D eigenvalue weighted by atomic mass is 9.98. The number of hydrogen-bond donors (Lipinski definition) is 1. The molecule has 0 bridgehead atoms. The molecule has 0 aliphatic rings. The molecule has 2 aromatic heterocycles. The lowest BCUT2D eigenvalue weighted by molar-refractivity contribution is 1.53. The van der Waals surface area contributed by atoms with E-state index < -0.39 is 0 Å². The molecule has 7 rings (SSSR count). The van der Waals surface area contributed by atoms with E-state index in [1.165, 1.54) is 64.2 Å². The second-order valence-corrected chi connectivity index (χ2v) is 9.37. The van der Waals surface area contributed by atoms with Gasteiger partial charge in [-0.15, -0.1) is 11.3 Å². The van der Waals surface area contributed by atoms with Crippen LogP contribution in [0.15, 0.2) is 109 Å². The minimum Gasteiger partial charge on any atom is -0.354 e. The van der Waals surface area contributed by atoms with E-state index in [0.29, 0.717) is 0 Å². The summed E-state index contributed by atoms with van der Waals surface area (Å²) in [6.07, 6.45) is 0. The number of aromatic nitrogens is 1. The Morgan fingerprint density at radius 3 is 2.06 bits per heavy atom. The summed E-state index contributed by atoms with van der Waals surface area (Å²) in [6, 6.07) is 39.5. The largest absolute Gasteiger partial charge is 0.354 e. The van der Waals surface area contributed by atoms with E-state index in [1.54, 1.807) is 0 Å². The van der Waals surface area contributed by atoms with Gasteiger partial charge in [-0.25, -0.2) is 0 Å². The van der Waals surface area contributed by atoms with Crippen molar-refractivity contribution in [3.8, 4) is 22.3 Å². The van der Waals surface area contributed by atoms with Crippen molar-refractivity contribution in [3.05, 3.63) is 109 Å².